The van der Waals surface area contributed by atoms with E-state index in [0.717, 1.165) is 38.9 Å². The molecule has 0 N–H and O–H groups in total. The van der Waals surface area contributed by atoms with E-state index in [1.54, 1.807) is 0 Å². The van der Waals surface area contributed by atoms with E-state index in [9.17, 15) is 0 Å². The number of rotatable bonds is 6. The SMILES string of the molecule is c1ccc(-c2cccc(-c3nc(-c4ccc(-c5ccc(-c6cccc7c6sc6ccccc67)cc5)cc4)nc(-c4ccc5c(c4)-c4ccccc4C54c5ccccc5-c5ccccc54)n3)c2)cc1. The van der Waals surface area contributed by atoms with Crippen LogP contribution in [-0.2, 0) is 5.41 Å². The Morgan fingerprint density at radius 3 is 1.37 bits per heavy atom. The van der Waals surface area contributed by atoms with E-state index >= 15 is 0 Å². The number of thiophene rings is 1. The van der Waals surface area contributed by atoms with Gasteiger partial charge in [-0.2, -0.15) is 0 Å². The van der Waals surface area contributed by atoms with Crippen LogP contribution in [0.15, 0.2) is 237 Å². The highest BCUT2D eigenvalue weighted by Gasteiger charge is 2.51. The van der Waals surface area contributed by atoms with Gasteiger partial charge in [0.1, 0.15) is 0 Å². The summed E-state index contributed by atoms with van der Waals surface area (Å²) in [6.07, 6.45) is 0. The van der Waals surface area contributed by atoms with Gasteiger partial charge in [-0.1, -0.05) is 218 Å². The molecule has 0 aliphatic heterocycles. The van der Waals surface area contributed by atoms with E-state index in [0.29, 0.717) is 17.5 Å². The van der Waals surface area contributed by atoms with Gasteiger partial charge in [-0.25, -0.2) is 15.0 Å². The van der Waals surface area contributed by atoms with Crippen LogP contribution in [-0.4, -0.2) is 15.0 Å². The second-order valence-electron chi connectivity index (χ2n) is 17.8. The minimum atomic E-state index is -0.416. The maximum absolute atomic E-state index is 5.29. The summed E-state index contributed by atoms with van der Waals surface area (Å²) in [5.41, 5.74) is 19.7. The first-order valence-electron chi connectivity index (χ1n) is 23.2. The summed E-state index contributed by atoms with van der Waals surface area (Å²) in [6, 6.07) is 85.6. The molecule has 2 aliphatic carbocycles. The molecule has 2 heterocycles. The van der Waals surface area contributed by atoms with Gasteiger partial charge in [0, 0.05) is 36.9 Å². The third kappa shape index (κ3) is 5.88. The standard InChI is InChI=1S/C64H39N3S/c1-2-14-40(15-3-1)45-16-12-17-46(38-45)62-65-61(44-34-30-42(31-35-44)41-28-32-43(33-29-41)48-22-13-23-53-52-21-7-11-27-59(52)68-60(48)53)66-63(67-62)47-36-37-58-54(39-47)51-20-6-10-26-57(51)64(58)55-24-8-4-18-49(55)50-19-5-9-25-56(50)64/h1-39H. The highest BCUT2D eigenvalue weighted by atomic mass is 32.1. The summed E-state index contributed by atoms with van der Waals surface area (Å²) >= 11 is 1.87. The number of benzene rings is 10. The van der Waals surface area contributed by atoms with Gasteiger partial charge in [-0.15, -0.1) is 11.3 Å². The fraction of sp³-hybridized carbons (Fsp3) is 0.0156. The van der Waals surface area contributed by atoms with Crippen molar-refractivity contribution in [3.05, 3.63) is 259 Å². The van der Waals surface area contributed by atoms with Crippen LogP contribution in [0.2, 0.25) is 0 Å². The van der Waals surface area contributed by atoms with Crippen LogP contribution < -0.4 is 0 Å². The lowest BCUT2D eigenvalue weighted by atomic mass is 9.70. The third-order valence-corrected chi connectivity index (χ3v) is 15.4. The Hall–Kier alpha value is -8.57. The van der Waals surface area contributed by atoms with Crippen molar-refractivity contribution >= 4 is 31.5 Å². The van der Waals surface area contributed by atoms with Crippen LogP contribution in [0.1, 0.15) is 22.3 Å². The van der Waals surface area contributed by atoms with Gasteiger partial charge in [-0.3, -0.25) is 0 Å². The Morgan fingerprint density at radius 2 is 0.691 bits per heavy atom. The van der Waals surface area contributed by atoms with Crippen molar-refractivity contribution in [2.45, 2.75) is 5.41 Å². The fourth-order valence-corrected chi connectivity index (χ4v) is 12.3. The van der Waals surface area contributed by atoms with Crippen molar-refractivity contribution in [2.24, 2.45) is 0 Å². The lowest BCUT2D eigenvalue weighted by Crippen LogP contribution is -2.25. The largest absolute Gasteiger partial charge is 0.208 e. The molecule has 316 valence electrons. The second-order valence-corrected chi connectivity index (χ2v) is 18.9. The lowest BCUT2D eigenvalue weighted by molar-refractivity contribution is 0.794. The number of nitrogens with zero attached hydrogens (tertiary/aromatic N) is 3. The average molecular weight is 882 g/mol. The fourth-order valence-electron chi connectivity index (χ4n) is 11.1. The zero-order valence-electron chi connectivity index (χ0n) is 36.8. The quantitative estimate of drug-likeness (QED) is 0.167. The molecular formula is C64H39N3S. The van der Waals surface area contributed by atoms with Crippen molar-refractivity contribution in [1.82, 2.24) is 15.0 Å². The molecule has 0 saturated heterocycles. The van der Waals surface area contributed by atoms with Crippen molar-refractivity contribution in [3.8, 4) is 89.8 Å². The summed E-state index contributed by atoms with van der Waals surface area (Å²) in [5, 5.41) is 2.63. The topological polar surface area (TPSA) is 38.7 Å². The number of fused-ring (bicyclic) bond motifs is 13. The van der Waals surface area contributed by atoms with Crippen LogP contribution >= 0.6 is 11.3 Å². The van der Waals surface area contributed by atoms with Gasteiger partial charge in [0.2, 0.25) is 0 Å². The van der Waals surface area contributed by atoms with E-state index < -0.39 is 5.41 Å². The minimum absolute atomic E-state index is 0.416. The molecule has 2 aromatic heterocycles. The van der Waals surface area contributed by atoms with Crippen molar-refractivity contribution in [2.75, 3.05) is 0 Å². The predicted molar refractivity (Wildman–Crippen MR) is 282 cm³/mol. The Balaban J connectivity index is 0.872. The van der Waals surface area contributed by atoms with E-state index in [4.69, 9.17) is 15.0 Å². The highest BCUT2D eigenvalue weighted by molar-refractivity contribution is 7.26. The molecule has 12 aromatic rings. The Labute approximate surface area is 398 Å². The van der Waals surface area contributed by atoms with Gasteiger partial charge in [-0.05, 0) is 96.1 Å². The molecule has 68 heavy (non-hydrogen) atoms. The van der Waals surface area contributed by atoms with Crippen LogP contribution in [0.3, 0.4) is 0 Å². The summed E-state index contributed by atoms with van der Waals surface area (Å²) in [7, 11) is 0. The number of aromatic nitrogens is 3. The van der Waals surface area contributed by atoms with E-state index in [1.807, 2.05) is 17.4 Å². The maximum Gasteiger partial charge on any atom is 0.164 e. The molecule has 0 radical (unpaired) electrons. The van der Waals surface area contributed by atoms with Crippen molar-refractivity contribution < 1.29 is 0 Å². The molecule has 4 heteroatoms. The molecule has 0 atom stereocenters. The summed E-state index contributed by atoms with van der Waals surface area (Å²) in [5.74, 6) is 1.90. The van der Waals surface area contributed by atoms with E-state index in [-0.39, 0.29) is 0 Å². The van der Waals surface area contributed by atoms with E-state index in [2.05, 4.69) is 231 Å². The van der Waals surface area contributed by atoms with Crippen LogP contribution in [0, 0.1) is 0 Å². The van der Waals surface area contributed by atoms with Crippen molar-refractivity contribution in [1.29, 1.82) is 0 Å². The zero-order valence-corrected chi connectivity index (χ0v) is 37.6. The number of hydrogen-bond donors (Lipinski definition) is 0. The average Bonchev–Trinajstić information content (AvgIpc) is 4.05. The first-order valence-corrected chi connectivity index (χ1v) is 24.0. The third-order valence-electron chi connectivity index (χ3n) is 14.2. The predicted octanol–water partition coefficient (Wildman–Crippen LogP) is 16.6. The Bertz CT molecular complexity index is 3920. The molecular weight excluding hydrogens is 843 g/mol. The Kier molecular flexibility index (Phi) is 8.67. The van der Waals surface area contributed by atoms with Gasteiger partial charge in [0.05, 0.1) is 5.41 Å². The normalized spacial score (nSPS) is 12.8. The van der Waals surface area contributed by atoms with Gasteiger partial charge in [0.15, 0.2) is 17.5 Å². The molecule has 1 spiro atoms. The minimum Gasteiger partial charge on any atom is -0.208 e. The van der Waals surface area contributed by atoms with E-state index in [1.165, 1.54) is 75.8 Å². The second kappa shape index (κ2) is 15.2. The molecule has 2 aliphatic rings. The van der Waals surface area contributed by atoms with Crippen LogP contribution in [0.4, 0.5) is 0 Å². The summed E-state index contributed by atoms with van der Waals surface area (Å²) in [4.78, 5) is 15.8. The molecule has 3 nitrogen and oxygen atoms in total. The summed E-state index contributed by atoms with van der Waals surface area (Å²) in [6.45, 7) is 0. The van der Waals surface area contributed by atoms with Crippen LogP contribution in [0.25, 0.3) is 110 Å². The molecule has 0 bridgehead atoms. The molecule has 14 rings (SSSR count). The lowest BCUT2D eigenvalue weighted by Gasteiger charge is -2.30. The molecule has 0 fully saturated rings. The van der Waals surface area contributed by atoms with Crippen LogP contribution in [0.5, 0.6) is 0 Å². The first kappa shape index (κ1) is 38.7. The smallest absolute Gasteiger partial charge is 0.164 e. The molecule has 0 saturated carbocycles. The van der Waals surface area contributed by atoms with Crippen molar-refractivity contribution in [3.63, 3.8) is 0 Å². The monoisotopic (exact) mass is 881 g/mol. The van der Waals surface area contributed by atoms with Gasteiger partial charge < -0.3 is 0 Å². The molecule has 0 unspecified atom stereocenters. The summed E-state index contributed by atoms with van der Waals surface area (Å²) < 4.78 is 2.64. The first-order chi connectivity index (χ1) is 33.7. The Morgan fingerprint density at radius 1 is 0.265 bits per heavy atom. The molecule has 10 aromatic carbocycles. The number of hydrogen-bond acceptors (Lipinski definition) is 4. The highest BCUT2D eigenvalue weighted by Crippen LogP contribution is 2.63. The molecule has 0 amide bonds. The van der Waals surface area contributed by atoms with Gasteiger partial charge >= 0.3 is 0 Å². The maximum atomic E-state index is 5.29. The zero-order chi connectivity index (χ0) is 44.8. The van der Waals surface area contributed by atoms with Gasteiger partial charge in [0.25, 0.3) is 0 Å².